The Morgan fingerprint density at radius 1 is 1.23 bits per heavy atom. The molecule has 30 heavy (non-hydrogen) atoms. The molecule has 1 amide bonds. The lowest BCUT2D eigenvalue weighted by atomic mass is 9.97. The van der Waals surface area contributed by atoms with E-state index >= 15 is 0 Å². The van der Waals surface area contributed by atoms with Crippen molar-refractivity contribution in [3.63, 3.8) is 0 Å². The monoisotopic (exact) mass is 421 g/mol. The summed E-state index contributed by atoms with van der Waals surface area (Å²) in [6.45, 7) is 5.38. The van der Waals surface area contributed by atoms with Crippen LogP contribution in [0.4, 0.5) is 13.2 Å². The predicted octanol–water partition coefficient (Wildman–Crippen LogP) is 4.60. The molecular formula is C22H26F3N3O2. The zero-order chi connectivity index (χ0) is 22.1. The fourth-order valence-corrected chi connectivity index (χ4v) is 3.77. The van der Waals surface area contributed by atoms with Crippen LogP contribution in [-0.2, 0) is 11.0 Å². The summed E-state index contributed by atoms with van der Waals surface area (Å²) < 4.78 is 41.2. The number of nitrogens with zero attached hydrogens (tertiary/aromatic N) is 2. The molecule has 162 valence electrons. The molecule has 0 bridgehead atoms. The molecule has 1 aromatic carbocycles. The van der Waals surface area contributed by atoms with Crippen molar-refractivity contribution in [1.82, 2.24) is 14.9 Å². The van der Waals surface area contributed by atoms with Crippen LogP contribution >= 0.6 is 0 Å². The normalized spacial score (nSPS) is 15.7. The van der Waals surface area contributed by atoms with Gasteiger partial charge in [-0.2, -0.15) is 13.2 Å². The van der Waals surface area contributed by atoms with E-state index in [1.165, 1.54) is 25.0 Å². The number of aromatic nitrogens is 2. The van der Waals surface area contributed by atoms with Crippen molar-refractivity contribution in [3.8, 4) is 0 Å². The minimum atomic E-state index is -4.91. The number of carbonyl (C=O) groups is 1. The summed E-state index contributed by atoms with van der Waals surface area (Å²) in [5, 5.41) is 2.76. The number of amides is 1. The lowest BCUT2D eigenvalue weighted by Crippen LogP contribution is -2.39. The Hall–Kier alpha value is -2.64. The molecule has 8 heteroatoms. The summed E-state index contributed by atoms with van der Waals surface area (Å²) >= 11 is 0. The maximum atomic E-state index is 13.4. The summed E-state index contributed by atoms with van der Waals surface area (Å²) in [5.41, 5.74) is 0.276. The number of benzene rings is 1. The van der Waals surface area contributed by atoms with Gasteiger partial charge in [0.2, 0.25) is 11.6 Å². The Bertz CT molecular complexity index is 1050. The van der Waals surface area contributed by atoms with Gasteiger partial charge in [-0.05, 0) is 76.1 Å². The van der Waals surface area contributed by atoms with Crippen molar-refractivity contribution >= 4 is 16.9 Å². The van der Waals surface area contributed by atoms with E-state index in [0.29, 0.717) is 13.0 Å². The number of alkyl halides is 3. The van der Waals surface area contributed by atoms with Crippen LogP contribution in [0.15, 0.2) is 28.6 Å². The summed E-state index contributed by atoms with van der Waals surface area (Å²) in [6, 6.07) is 2.01. The standard InChI is InChI=1S/C22H26F3N3O2/c1-13-11-17-18(12-14(13)2)28(21(30)19(27-17)22(23,24)25)15(3)20(29)26-10-9-16-7-5-4-6-8-16/h7,11-12,15H,4-6,8-10H2,1-3H3,(H,26,29)/t15-/m1/s1. The molecular weight excluding hydrogens is 395 g/mol. The van der Waals surface area contributed by atoms with Crippen LogP contribution in [0.1, 0.15) is 61.9 Å². The van der Waals surface area contributed by atoms with Gasteiger partial charge in [-0.1, -0.05) is 11.6 Å². The van der Waals surface area contributed by atoms with E-state index < -0.39 is 29.4 Å². The number of carbonyl (C=O) groups excluding carboxylic acids is 1. The van der Waals surface area contributed by atoms with Crippen LogP contribution in [0.5, 0.6) is 0 Å². The number of halogens is 3. The van der Waals surface area contributed by atoms with Crippen LogP contribution in [-0.4, -0.2) is 22.0 Å². The Balaban J connectivity index is 1.95. The second-order valence-electron chi connectivity index (χ2n) is 7.88. The van der Waals surface area contributed by atoms with E-state index in [0.717, 1.165) is 35.0 Å². The molecule has 3 rings (SSSR count). The van der Waals surface area contributed by atoms with Crippen molar-refractivity contribution in [2.75, 3.05) is 6.54 Å². The number of nitrogens with one attached hydrogen (secondary N) is 1. The Morgan fingerprint density at radius 3 is 2.57 bits per heavy atom. The maximum Gasteiger partial charge on any atom is 0.438 e. The zero-order valence-corrected chi connectivity index (χ0v) is 17.4. The lowest BCUT2D eigenvalue weighted by Gasteiger charge is -2.20. The largest absolute Gasteiger partial charge is 0.438 e. The first-order valence-electron chi connectivity index (χ1n) is 10.2. The number of allylic oxidation sites excluding steroid dienone is 1. The molecule has 0 fully saturated rings. The van der Waals surface area contributed by atoms with Gasteiger partial charge in [-0.25, -0.2) is 4.98 Å². The van der Waals surface area contributed by atoms with Gasteiger partial charge in [0.25, 0.3) is 5.56 Å². The fourth-order valence-electron chi connectivity index (χ4n) is 3.77. The molecule has 1 aliphatic carbocycles. The van der Waals surface area contributed by atoms with E-state index in [2.05, 4.69) is 16.4 Å². The highest BCUT2D eigenvalue weighted by Gasteiger charge is 2.38. The van der Waals surface area contributed by atoms with E-state index in [-0.39, 0.29) is 11.0 Å². The molecule has 0 spiro atoms. The van der Waals surface area contributed by atoms with Crippen LogP contribution in [0.25, 0.3) is 11.0 Å². The third-order valence-corrected chi connectivity index (χ3v) is 5.67. The first-order valence-corrected chi connectivity index (χ1v) is 10.2. The second-order valence-corrected chi connectivity index (χ2v) is 7.88. The van der Waals surface area contributed by atoms with Gasteiger partial charge in [0, 0.05) is 6.54 Å². The van der Waals surface area contributed by atoms with Crippen LogP contribution in [0.2, 0.25) is 0 Å². The SMILES string of the molecule is Cc1cc2nc(C(F)(F)F)c(=O)n([C@H](C)C(=O)NCCC3=CCCCC3)c2cc1C. The highest BCUT2D eigenvalue weighted by Crippen LogP contribution is 2.28. The average Bonchev–Trinajstić information content (AvgIpc) is 2.68. The van der Waals surface area contributed by atoms with Gasteiger partial charge in [-0.3, -0.25) is 14.2 Å². The quantitative estimate of drug-likeness (QED) is 0.718. The topological polar surface area (TPSA) is 64.0 Å². The van der Waals surface area contributed by atoms with E-state index in [4.69, 9.17) is 0 Å². The molecule has 1 heterocycles. The molecule has 1 aromatic heterocycles. The summed E-state index contributed by atoms with van der Waals surface area (Å²) in [5.74, 6) is -0.493. The van der Waals surface area contributed by atoms with Gasteiger partial charge in [-0.15, -0.1) is 0 Å². The summed E-state index contributed by atoms with van der Waals surface area (Å²) in [4.78, 5) is 29.0. The van der Waals surface area contributed by atoms with Crippen molar-refractivity contribution in [2.24, 2.45) is 0 Å². The number of hydrogen-bond donors (Lipinski definition) is 1. The van der Waals surface area contributed by atoms with Crippen LogP contribution in [0, 0.1) is 13.8 Å². The van der Waals surface area contributed by atoms with E-state index in [9.17, 15) is 22.8 Å². The molecule has 0 aliphatic heterocycles. The maximum absolute atomic E-state index is 13.4. The fraction of sp³-hybridized carbons (Fsp3) is 0.500. The van der Waals surface area contributed by atoms with Gasteiger partial charge in [0.05, 0.1) is 11.0 Å². The van der Waals surface area contributed by atoms with Gasteiger partial charge in [0.1, 0.15) is 6.04 Å². The first-order chi connectivity index (χ1) is 14.1. The Morgan fingerprint density at radius 2 is 1.93 bits per heavy atom. The van der Waals surface area contributed by atoms with Crippen molar-refractivity contribution in [3.05, 3.63) is 51.0 Å². The van der Waals surface area contributed by atoms with Crippen LogP contribution < -0.4 is 10.9 Å². The molecule has 0 unspecified atom stereocenters. The molecule has 0 saturated heterocycles. The van der Waals surface area contributed by atoms with Crippen molar-refractivity contribution in [2.45, 2.75) is 65.1 Å². The minimum absolute atomic E-state index is 0.0389. The molecule has 0 radical (unpaired) electrons. The number of rotatable bonds is 5. The van der Waals surface area contributed by atoms with E-state index in [1.54, 1.807) is 19.9 Å². The Labute approximate surface area is 173 Å². The number of hydrogen-bond acceptors (Lipinski definition) is 3. The molecule has 1 atom stereocenters. The van der Waals surface area contributed by atoms with Gasteiger partial charge < -0.3 is 5.32 Å². The number of aryl methyl sites for hydroxylation is 2. The lowest BCUT2D eigenvalue weighted by molar-refractivity contribution is -0.142. The van der Waals surface area contributed by atoms with Gasteiger partial charge in [0.15, 0.2) is 0 Å². The highest BCUT2D eigenvalue weighted by atomic mass is 19.4. The first kappa shape index (κ1) is 22.1. The third kappa shape index (κ3) is 4.57. The molecule has 1 N–H and O–H groups in total. The molecule has 5 nitrogen and oxygen atoms in total. The second kappa shape index (κ2) is 8.62. The molecule has 0 saturated carbocycles. The van der Waals surface area contributed by atoms with Crippen molar-refractivity contribution in [1.29, 1.82) is 0 Å². The van der Waals surface area contributed by atoms with Gasteiger partial charge >= 0.3 is 6.18 Å². The average molecular weight is 421 g/mol. The highest BCUT2D eigenvalue weighted by molar-refractivity contribution is 5.84. The molecule has 1 aliphatic rings. The number of fused-ring (bicyclic) bond motifs is 1. The minimum Gasteiger partial charge on any atom is -0.354 e. The summed E-state index contributed by atoms with van der Waals surface area (Å²) in [6.07, 6.45) is 2.33. The van der Waals surface area contributed by atoms with Crippen molar-refractivity contribution < 1.29 is 18.0 Å². The zero-order valence-electron chi connectivity index (χ0n) is 17.4. The van der Waals surface area contributed by atoms with Crippen LogP contribution in [0.3, 0.4) is 0 Å². The Kier molecular flexibility index (Phi) is 6.33. The smallest absolute Gasteiger partial charge is 0.354 e. The molecule has 2 aromatic rings. The summed E-state index contributed by atoms with van der Waals surface area (Å²) in [7, 11) is 0. The third-order valence-electron chi connectivity index (χ3n) is 5.67. The van der Waals surface area contributed by atoms with E-state index in [1.807, 2.05) is 0 Å². The predicted molar refractivity (Wildman–Crippen MR) is 109 cm³/mol.